The Labute approximate surface area is 77.5 Å². The van der Waals surface area contributed by atoms with Gasteiger partial charge < -0.3 is 14.7 Å². The number of carbonyl (C=O) groups is 1. The minimum absolute atomic E-state index is 0.264. The molecule has 2 fully saturated rings. The predicted octanol–water partition coefficient (Wildman–Crippen LogP) is 0.0393. The fraction of sp³-hybridized carbons (Fsp3) is 0.889. The van der Waals surface area contributed by atoms with Gasteiger partial charge in [-0.2, -0.15) is 0 Å². The van der Waals surface area contributed by atoms with Crippen molar-refractivity contribution in [1.82, 2.24) is 4.90 Å². The van der Waals surface area contributed by atoms with E-state index >= 15 is 0 Å². The summed E-state index contributed by atoms with van der Waals surface area (Å²) in [6, 6.07) is 0. The lowest BCUT2D eigenvalue weighted by Gasteiger charge is -2.14. The summed E-state index contributed by atoms with van der Waals surface area (Å²) in [5.41, 5.74) is 0. The molecule has 0 unspecified atom stereocenters. The first kappa shape index (κ1) is 8.97. The molecule has 0 aromatic carbocycles. The topological polar surface area (TPSA) is 49.8 Å². The van der Waals surface area contributed by atoms with Crippen LogP contribution in [0.3, 0.4) is 0 Å². The molecule has 2 heterocycles. The van der Waals surface area contributed by atoms with E-state index in [1.54, 1.807) is 0 Å². The van der Waals surface area contributed by atoms with Gasteiger partial charge in [-0.3, -0.25) is 4.79 Å². The van der Waals surface area contributed by atoms with E-state index in [0.717, 1.165) is 26.3 Å². The van der Waals surface area contributed by atoms with Gasteiger partial charge in [-0.1, -0.05) is 0 Å². The van der Waals surface area contributed by atoms with Crippen molar-refractivity contribution in [3.8, 4) is 0 Å². The Balaban J connectivity index is 1.75. The summed E-state index contributed by atoms with van der Waals surface area (Å²) in [5.74, 6) is 0.621. The second-order valence-corrected chi connectivity index (χ2v) is 3.96. The molecule has 2 rings (SSSR count). The molecule has 0 amide bonds. The van der Waals surface area contributed by atoms with Crippen molar-refractivity contribution in [1.29, 1.82) is 0 Å². The molecule has 0 bridgehead atoms. The third-order valence-corrected chi connectivity index (χ3v) is 2.96. The highest BCUT2D eigenvalue weighted by molar-refractivity contribution is 5.66. The molecule has 2 aliphatic heterocycles. The average molecular weight is 185 g/mol. The van der Waals surface area contributed by atoms with Gasteiger partial charge in [-0.25, -0.2) is 0 Å². The highest BCUT2D eigenvalue weighted by Crippen LogP contribution is 2.28. The molecule has 2 saturated heterocycles. The molecule has 0 aliphatic carbocycles. The fourth-order valence-electron chi connectivity index (χ4n) is 2.22. The highest BCUT2D eigenvalue weighted by atomic mass is 16.5. The normalized spacial score (nSPS) is 33.5. The zero-order chi connectivity index (χ0) is 9.26. The van der Waals surface area contributed by atoms with Gasteiger partial charge in [0.05, 0.1) is 19.6 Å². The van der Waals surface area contributed by atoms with Crippen molar-refractivity contribution in [3.63, 3.8) is 0 Å². The minimum Gasteiger partial charge on any atom is -0.481 e. The van der Waals surface area contributed by atoms with Crippen LogP contribution in [-0.4, -0.2) is 48.8 Å². The summed E-state index contributed by atoms with van der Waals surface area (Å²) < 4.78 is 5.34. The van der Waals surface area contributed by atoms with E-state index in [-0.39, 0.29) is 6.42 Å². The first-order chi connectivity index (χ1) is 6.25. The van der Waals surface area contributed by atoms with Crippen LogP contribution in [0.5, 0.6) is 0 Å². The van der Waals surface area contributed by atoms with Gasteiger partial charge in [0, 0.05) is 31.5 Å². The molecule has 13 heavy (non-hydrogen) atoms. The summed E-state index contributed by atoms with van der Waals surface area (Å²) in [4.78, 5) is 12.6. The van der Waals surface area contributed by atoms with Crippen molar-refractivity contribution in [2.45, 2.75) is 6.42 Å². The number of carboxylic acids is 1. The third kappa shape index (κ3) is 2.00. The average Bonchev–Trinajstić information content (AvgIpc) is 2.58. The van der Waals surface area contributed by atoms with E-state index in [0.29, 0.717) is 18.4 Å². The van der Waals surface area contributed by atoms with Gasteiger partial charge in [-0.05, 0) is 0 Å². The van der Waals surface area contributed by atoms with E-state index in [1.165, 1.54) is 0 Å². The molecule has 2 aliphatic rings. The summed E-state index contributed by atoms with van der Waals surface area (Å²) >= 11 is 0. The van der Waals surface area contributed by atoms with Crippen molar-refractivity contribution in [2.75, 3.05) is 32.8 Å². The molecule has 0 aromatic rings. The molecular formula is C9H15NO3. The van der Waals surface area contributed by atoms with E-state index in [2.05, 4.69) is 4.90 Å². The molecule has 74 valence electrons. The van der Waals surface area contributed by atoms with E-state index in [9.17, 15) is 4.79 Å². The number of hydrogen-bond donors (Lipinski definition) is 1. The molecule has 1 N–H and O–H groups in total. The van der Waals surface area contributed by atoms with Crippen LogP contribution >= 0.6 is 0 Å². The van der Waals surface area contributed by atoms with Gasteiger partial charge in [0.25, 0.3) is 0 Å². The van der Waals surface area contributed by atoms with Crippen molar-refractivity contribution < 1.29 is 14.6 Å². The van der Waals surface area contributed by atoms with Crippen LogP contribution in [0.15, 0.2) is 0 Å². The Morgan fingerprint density at radius 3 is 2.54 bits per heavy atom. The van der Waals surface area contributed by atoms with E-state index in [4.69, 9.17) is 9.84 Å². The lowest BCUT2D eigenvalue weighted by Crippen LogP contribution is -2.25. The van der Waals surface area contributed by atoms with Crippen molar-refractivity contribution in [3.05, 3.63) is 0 Å². The third-order valence-electron chi connectivity index (χ3n) is 2.96. The van der Waals surface area contributed by atoms with E-state index in [1.807, 2.05) is 0 Å². The molecule has 0 aromatic heterocycles. The smallest absolute Gasteiger partial charge is 0.304 e. The Morgan fingerprint density at radius 2 is 2.00 bits per heavy atom. The van der Waals surface area contributed by atoms with Crippen LogP contribution in [-0.2, 0) is 9.53 Å². The highest BCUT2D eigenvalue weighted by Gasteiger charge is 2.36. The van der Waals surface area contributed by atoms with Crippen LogP contribution in [0, 0.1) is 11.8 Å². The first-order valence-corrected chi connectivity index (χ1v) is 4.77. The predicted molar refractivity (Wildman–Crippen MR) is 46.5 cm³/mol. The standard InChI is InChI=1S/C9H15NO3/c11-9(12)1-2-10-3-7-5-13-6-8(7)4-10/h7-8H,1-6H2,(H,11,12)/t7-,8-/m0/s1. The Kier molecular flexibility index (Phi) is 2.51. The van der Waals surface area contributed by atoms with Crippen LogP contribution < -0.4 is 0 Å². The quantitative estimate of drug-likeness (QED) is 0.674. The maximum atomic E-state index is 10.4. The molecule has 4 heteroatoms. The first-order valence-electron chi connectivity index (χ1n) is 4.77. The minimum atomic E-state index is -0.701. The Bertz CT molecular complexity index is 195. The monoisotopic (exact) mass is 185 g/mol. The second-order valence-electron chi connectivity index (χ2n) is 3.96. The van der Waals surface area contributed by atoms with Gasteiger partial charge >= 0.3 is 5.97 Å². The Morgan fingerprint density at radius 1 is 1.38 bits per heavy atom. The number of fused-ring (bicyclic) bond motifs is 1. The SMILES string of the molecule is O=C(O)CCN1C[C@H]2COC[C@@H]2C1. The zero-order valence-corrected chi connectivity index (χ0v) is 7.61. The lowest BCUT2D eigenvalue weighted by atomic mass is 10.0. The summed E-state index contributed by atoms with van der Waals surface area (Å²) in [6.45, 7) is 4.49. The van der Waals surface area contributed by atoms with Crippen LogP contribution in [0.4, 0.5) is 0 Å². The molecule has 0 spiro atoms. The summed E-state index contributed by atoms with van der Waals surface area (Å²) in [5, 5.41) is 8.53. The molecule has 4 nitrogen and oxygen atoms in total. The Hall–Kier alpha value is -0.610. The van der Waals surface area contributed by atoms with E-state index < -0.39 is 5.97 Å². The number of nitrogens with zero attached hydrogens (tertiary/aromatic N) is 1. The van der Waals surface area contributed by atoms with Gasteiger partial charge in [0.2, 0.25) is 0 Å². The molecular weight excluding hydrogens is 170 g/mol. The fourth-order valence-corrected chi connectivity index (χ4v) is 2.22. The summed E-state index contributed by atoms with van der Waals surface area (Å²) in [6.07, 6.45) is 0.264. The second kappa shape index (κ2) is 3.64. The number of likely N-dealkylation sites (tertiary alicyclic amines) is 1. The van der Waals surface area contributed by atoms with Gasteiger partial charge in [0.1, 0.15) is 0 Å². The molecule has 0 radical (unpaired) electrons. The van der Waals surface area contributed by atoms with Crippen LogP contribution in [0.1, 0.15) is 6.42 Å². The molecule has 2 atom stereocenters. The molecule has 0 saturated carbocycles. The number of ether oxygens (including phenoxy) is 1. The van der Waals surface area contributed by atoms with Crippen molar-refractivity contribution >= 4 is 5.97 Å². The zero-order valence-electron chi connectivity index (χ0n) is 7.61. The van der Waals surface area contributed by atoms with Gasteiger partial charge in [0.15, 0.2) is 0 Å². The maximum Gasteiger partial charge on any atom is 0.304 e. The lowest BCUT2D eigenvalue weighted by molar-refractivity contribution is -0.137. The summed E-state index contributed by atoms with van der Waals surface area (Å²) in [7, 11) is 0. The van der Waals surface area contributed by atoms with Crippen molar-refractivity contribution in [2.24, 2.45) is 11.8 Å². The number of hydrogen-bond acceptors (Lipinski definition) is 3. The maximum absolute atomic E-state index is 10.4. The largest absolute Gasteiger partial charge is 0.481 e. The van der Waals surface area contributed by atoms with Crippen LogP contribution in [0.2, 0.25) is 0 Å². The van der Waals surface area contributed by atoms with Crippen LogP contribution in [0.25, 0.3) is 0 Å². The number of aliphatic carboxylic acids is 1. The number of rotatable bonds is 3. The number of carboxylic acid groups (broad SMARTS) is 1. The van der Waals surface area contributed by atoms with Gasteiger partial charge in [-0.15, -0.1) is 0 Å².